The van der Waals surface area contributed by atoms with Crippen molar-refractivity contribution in [3.63, 3.8) is 0 Å². The van der Waals surface area contributed by atoms with E-state index in [1.807, 2.05) is 24.7 Å². The Hall–Kier alpha value is -1.17. The van der Waals surface area contributed by atoms with E-state index in [4.69, 9.17) is 5.84 Å². The van der Waals surface area contributed by atoms with Gasteiger partial charge in [0.05, 0.1) is 11.7 Å². The molecule has 19 heavy (non-hydrogen) atoms. The van der Waals surface area contributed by atoms with E-state index in [0.717, 1.165) is 16.6 Å². The molecule has 0 aliphatic heterocycles. The topological polar surface area (TPSA) is 55.9 Å². The third-order valence-electron chi connectivity index (χ3n) is 3.33. The predicted molar refractivity (Wildman–Crippen MR) is 80.6 cm³/mol. The van der Waals surface area contributed by atoms with E-state index in [1.54, 1.807) is 0 Å². The van der Waals surface area contributed by atoms with Gasteiger partial charge in [0.25, 0.3) is 0 Å². The predicted octanol–water partition coefficient (Wildman–Crippen LogP) is 2.55. The average Bonchev–Trinajstić information content (AvgIpc) is 2.68. The van der Waals surface area contributed by atoms with Crippen LogP contribution in [0.5, 0.6) is 0 Å². The van der Waals surface area contributed by atoms with Crippen LogP contribution in [0.2, 0.25) is 0 Å². The van der Waals surface area contributed by atoms with Crippen LogP contribution in [0.3, 0.4) is 0 Å². The van der Waals surface area contributed by atoms with Crippen LogP contribution in [-0.4, -0.2) is 9.78 Å². The summed E-state index contributed by atoms with van der Waals surface area (Å²) in [5.41, 5.74) is 7.53. The Labute approximate surface area is 122 Å². The number of aryl methyl sites for hydroxylation is 3. The third kappa shape index (κ3) is 3.23. The van der Waals surface area contributed by atoms with Crippen LogP contribution >= 0.6 is 15.9 Å². The summed E-state index contributed by atoms with van der Waals surface area (Å²) in [7, 11) is 1.96. The largest absolute Gasteiger partial charge is 0.272 e. The van der Waals surface area contributed by atoms with Gasteiger partial charge in [0.2, 0.25) is 0 Å². The molecule has 1 heterocycles. The second-order valence-corrected chi connectivity index (χ2v) is 5.74. The average molecular weight is 323 g/mol. The van der Waals surface area contributed by atoms with Crippen molar-refractivity contribution in [1.29, 1.82) is 0 Å². The van der Waals surface area contributed by atoms with Crippen LogP contribution in [0.25, 0.3) is 0 Å². The van der Waals surface area contributed by atoms with Gasteiger partial charge in [-0.05, 0) is 43.2 Å². The van der Waals surface area contributed by atoms with Gasteiger partial charge in [0.1, 0.15) is 0 Å². The maximum Gasteiger partial charge on any atom is 0.0596 e. The Morgan fingerprint density at radius 3 is 2.68 bits per heavy atom. The maximum atomic E-state index is 5.73. The van der Waals surface area contributed by atoms with Crippen molar-refractivity contribution in [3.05, 3.63) is 51.3 Å². The molecule has 0 saturated carbocycles. The summed E-state index contributed by atoms with van der Waals surface area (Å²) in [6, 6.07) is 8.42. The Balaban J connectivity index is 2.30. The fourth-order valence-electron chi connectivity index (χ4n) is 2.31. The van der Waals surface area contributed by atoms with Gasteiger partial charge in [-0.25, -0.2) is 0 Å². The van der Waals surface area contributed by atoms with E-state index in [-0.39, 0.29) is 6.04 Å². The molecule has 0 radical (unpaired) electrons. The first kappa shape index (κ1) is 14.2. The number of aromatic nitrogens is 2. The normalized spacial score (nSPS) is 12.7. The van der Waals surface area contributed by atoms with E-state index in [2.05, 4.69) is 51.6 Å². The first-order chi connectivity index (χ1) is 9.01. The van der Waals surface area contributed by atoms with Gasteiger partial charge in [-0.3, -0.25) is 16.0 Å². The molecule has 2 rings (SSSR count). The minimum absolute atomic E-state index is 0.0762. The van der Waals surface area contributed by atoms with Gasteiger partial charge in [0, 0.05) is 23.6 Å². The molecule has 0 amide bonds. The highest BCUT2D eigenvalue weighted by molar-refractivity contribution is 9.10. The van der Waals surface area contributed by atoms with Gasteiger partial charge in [0.15, 0.2) is 0 Å². The Bertz CT molecular complexity index is 577. The number of hydrazine groups is 1. The number of halogens is 1. The quantitative estimate of drug-likeness (QED) is 0.672. The van der Waals surface area contributed by atoms with E-state index in [9.17, 15) is 0 Å². The molecular weight excluding hydrogens is 304 g/mol. The van der Waals surface area contributed by atoms with E-state index in [0.29, 0.717) is 0 Å². The lowest BCUT2D eigenvalue weighted by Gasteiger charge is -2.19. The highest BCUT2D eigenvalue weighted by atomic mass is 79.9. The van der Waals surface area contributed by atoms with Crippen molar-refractivity contribution in [1.82, 2.24) is 15.2 Å². The molecule has 2 aromatic rings. The summed E-state index contributed by atoms with van der Waals surface area (Å²) in [6.45, 7) is 4.10. The second-order valence-electron chi connectivity index (χ2n) is 4.82. The van der Waals surface area contributed by atoms with Crippen molar-refractivity contribution >= 4 is 15.9 Å². The molecule has 1 aromatic carbocycles. The van der Waals surface area contributed by atoms with Crippen LogP contribution in [0.1, 0.15) is 28.6 Å². The molecule has 0 aliphatic carbocycles. The summed E-state index contributed by atoms with van der Waals surface area (Å²) in [4.78, 5) is 0. The van der Waals surface area contributed by atoms with Crippen molar-refractivity contribution in [3.8, 4) is 0 Å². The van der Waals surface area contributed by atoms with Crippen molar-refractivity contribution in [2.75, 3.05) is 0 Å². The van der Waals surface area contributed by atoms with Crippen LogP contribution in [0.15, 0.2) is 28.7 Å². The smallest absolute Gasteiger partial charge is 0.0596 e. The minimum Gasteiger partial charge on any atom is -0.272 e. The molecule has 3 N–H and O–H groups in total. The van der Waals surface area contributed by atoms with Gasteiger partial charge in [-0.15, -0.1) is 0 Å². The number of hydrogen-bond acceptors (Lipinski definition) is 3. The highest BCUT2D eigenvalue weighted by Gasteiger charge is 2.15. The maximum absolute atomic E-state index is 5.73. The lowest BCUT2D eigenvalue weighted by Crippen LogP contribution is -2.30. The number of hydrogen-bond donors (Lipinski definition) is 2. The van der Waals surface area contributed by atoms with Crippen LogP contribution in [0, 0.1) is 13.8 Å². The van der Waals surface area contributed by atoms with E-state index in [1.165, 1.54) is 16.8 Å². The minimum atomic E-state index is 0.0762. The highest BCUT2D eigenvalue weighted by Crippen LogP contribution is 2.24. The first-order valence-electron chi connectivity index (χ1n) is 6.23. The summed E-state index contributed by atoms with van der Waals surface area (Å²) in [5, 5.41) is 4.37. The fraction of sp³-hybridized carbons (Fsp3) is 0.357. The van der Waals surface area contributed by atoms with Gasteiger partial charge in [-0.1, -0.05) is 22.0 Å². The molecule has 5 heteroatoms. The standard InChI is InChI=1S/C14H19BrN4/c1-9-4-5-11(15)7-13(9)14(17-16)8-12-6-10(2)18-19(12)3/h4-7,14,17H,8,16H2,1-3H3. The Kier molecular flexibility index (Phi) is 4.39. The van der Waals surface area contributed by atoms with Crippen LogP contribution in [-0.2, 0) is 13.5 Å². The molecule has 4 nitrogen and oxygen atoms in total. The molecule has 1 aromatic heterocycles. The SMILES string of the molecule is Cc1cc(CC(NN)c2cc(Br)ccc2C)n(C)n1. The first-order valence-corrected chi connectivity index (χ1v) is 7.02. The summed E-state index contributed by atoms with van der Waals surface area (Å²) < 4.78 is 2.97. The fourth-order valence-corrected chi connectivity index (χ4v) is 2.69. The lowest BCUT2D eigenvalue weighted by atomic mass is 9.98. The van der Waals surface area contributed by atoms with E-state index < -0.39 is 0 Å². The summed E-state index contributed by atoms with van der Waals surface area (Å²) >= 11 is 3.51. The zero-order chi connectivity index (χ0) is 14.0. The van der Waals surface area contributed by atoms with Gasteiger partial charge >= 0.3 is 0 Å². The second kappa shape index (κ2) is 5.86. The number of nitrogens with zero attached hydrogens (tertiary/aromatic N) is 2. The third-order valence-corrected chi connectivity index (χ3v) is 3.82. The Morgan fingerprint density at radius 1 is 1.37 bits per heavy atom. The lowest BCUT2D eigenvalue weighted by molar-refractivity contribution is 0.527. The zero-order valence-electron chi connectivity index (χ0n) is 11.4. The molecule has 0 spiro atoms. The molecule has 1 unspecified atom stereocenters. The van der Waals surface area contributed by atoms with Crippen molar-refractivity contribution in [2.24, 2.45) is 12.9 Å². The van der Waals surface area contributed by atoms with Gasteiger partial charge in [-0.2, -0.15) is 5.10 Å². The number of nitrogens with one attached hydrogen (secondary N) is 1. The van der Waals surface area contributed by atoms with E-state index >= 15 is 0 Å². The monoisotopic (exact) mass is 322 g/mol. The molecule has 0 saturated heterocycles. The van der Waals surface area contributed by atoms with Crippen molar-refractivity contribution < 1.29 is 0 Å². The Morgan fingerprint density at radius 2 is 2.11 bits per heavy atom. The molecule has 0 aliphatic rings. The molecule has 0 bridgehead atoms. The molecule has 0 fully saturated rings. The molecular formula is C14H19BrN4. The van der Waals surface area contributed by atoms with Gasteiger partial charge < -0.3 is 0 Å². The van der Waals surface area contributed by atoms with Crippen molar-refractivity contribution in [2.45, 2.75) is 26.3 Å². The molecule has 102 valence electrons. The number of rotatable bonds is 4. The van der Waals surface area contributed by atoms with Crippen LogP contribution in [0.4, 0.5) is 0 Å². The number of nitrogens with two attached hydrogens (primary N) is 1. The summed E-state index contributed by atoms with van der Waals surface area (Å²) in [6.07, 6.45) is 0.811. The number of benzene rings is 1. The van der Waals surface area contributed by atoms with Crippen LogP contribution < -0.4 is 11.3 Å². The molecule has 1 atom stereocenters. The summed E-state index contributed by atoms with van der Waals surface area (Å²) in [5.74, 6) is 5.73. The zero-order valence-corrected chi connectivity index (χ0v) is 13.0.